The van der Waals surface area contributed by atoms with Crippen LogP contribution in [0, 0.1) is 5.82 Å². The van der Waals surface area contributed by atoms with Crippen molar-refractivity contribution in [1.82, 2.24) is 4.90 Å². The number of carbonyl (C=O) groups excluding carboxylic acids is 1. The number of rotatable bonds is 2. The minimum absolute atomic E-state index is 0.0674. The third-order valence-electron chi connectivity index (χ3n) is 4.12. The predicted molar refractivity (Wildman–Crippen MR) is 87.4 cm³/mol. The van der Waals surface area contributed by atoms with E-state index in [4.69, 9.17) is 5.73 Å². The molecule has 22 heavy (non-hydrogen) atoms. The van der Waals surface area contributed by atoms with Gasteiger partial charge in [0.2, 0.25) is 0 Å². The summed E-state index contributed by atoms with van der Waals surface area (Å²) in [5.41, 5.74) is 6.88. The molecule has 0 spiro atoms. The summed E-state index contributed by atoms with van der Waals surface area (Å²) in [6.45, 7) is 2.76. The molecule has 2 heterocycles. The number of amides is 1. The fourth-order valence-electron chi connectivity index (χ4n) is 2.87. The molecule has 3 nitrogen and oxygen atoms in total. The highest BCUT2D eigenvalue weighted by Gasteiger charge is 2.28. The lowest BCUT2D eigenvalue weighted by Crippen LogP contribution is -2.48. The lowest BCUT2D eigenvalue weighted by atomic mass is 9.99. The average Bonchev–Trinajstić information content (AvgIpc) is 2.97. The Labute approximate surface area is 133 Å². The van der Waals surface area contributed by atoms with Crippen LogP contribution in [0.2, 0.25) is 0 Å². The fraction of sp³-hybridized carbons (Fsp3) is 0.353. The molecule has 1 fully saturated rings. The number of piperidine rings is 1. The molecule has 0 radical (unpaired) electrons. The van der Waals surface area contributed by atoms with Crippen LogP contribution in [0.25, 0.3) is 10.4 Å². The van der Waals surface area contributed by atoms with Crippen LogP contribution < -0.4 is 5.73 Å². The molecule has 1 saturated heterocycles. The summed E-state index contributed by atoms with van der Waals surface area (Å²) in [4.78, 5) is 16.3. The van der Waals surface area contributed by atoms with Crippen molar-refractivity contribution in [2.45, 2.75) is 31.8 Å². The van der Waals surface area contributed by atoms with E-state index in [0.717, 1.165) is 28.2 Å². The van der Waals surface area contributed by atoms with E-state index in [0.29, 0.717) is 6.54 Å². The first kappa shape index (κ1) is 15.2. The number of halogens is 1. The van der Waals surface area contributed by atoms with Gasteiger partial charge in [-0.15, -0.1) is 11.3 Å². The van der Waals surface area contributed by atoms with Gasteiger partial charge in [0.1, 0.15) is 5.82 Å². The van der Waals surface area contributed by atoms with E-state index in [9.17, 15) is 9.18 Å². The summed E-state index contributed by atoms with van der Waals surface area (Å²) >= 11 is 1.45. The van der Waals surface area contributed by atoms with Crippen molar-refractivity contribution in [3.63, 3.8) is 0 Å². The van der Waals surface area contributed by atoms with E-state index in [2.05, 4.69) is 0 Å². The Morgan fingerprint density at radius 2 is 2.00 bits per heavy atom. The van der Waals surface area contributed by atoms with Crippen molar-refractivity contribution in [3.05, 3.63) is 47.1 Å². The Hall–Kier alpha value is -1.72. The van der Waals surface area contributed by atoms with Crippen molar-refractivity contribution in [2.24, 2.45) is 5.73 Å². The van der Waals surface area contributed by atoms with Gasteiger partial charge >= 0.3 is 0 Å². The van der Waals surface area contributed by atoms with Gasteiger partial charge in [-0.25, -0.2) is 4.39 Å². The van der Waals surface area contributed by atoms with Crippen molar-refractivity contribution < 1.29 is 9.18 Å². The molecule has 2 aromatic rings. The maximum absolute atomic E-state index is 13.0. The first-order valence-corrected chi connectivity index (χ1v) is 8.28. The van der Waals surface area contributed by atoms with Gasteiger partial charge in [-0.05, 0) is 49.6 Å². The average molecular weight is 318 g/mol. The molecule has 1 aliphatic heterocycles. The van der Waals surface area contributed by atoms with E-state index >= 15 is 0 Å². The van der Waals surface area contributed by atoms with Gasteiger partial charge in [-0.1, -0.05) is 12.1 Å². The second-order valence-corrected chi connectivity index (χ2v) is 6.89. The molecule has 1 aromatic heterocycles. The first-order valence-electron chi connectivity index (χ1n) is 7.47. The Kier molecular flexibility index (Phi) is 4.27. The lowest BCUT2D eigenvalue weighted by molar-refractivity contribution is 0.0624. The largest absolute Gasteiger partial charge is 0.335 e. The van der Waals surface area contributed by atoms with Crippen LogP contribution in [0.3, 0.4) is 0 Å². The van der Waals surface area contributed by atoms with E-state index in [1.807, 2.05) is 24.0 Å². The van der Waals surface area contributed by atoms with Gasteiger partial charge in [0.05, 0.1) is 4.88 Å². The predicted octanol–water partition coefficient (Wildman–Crippen LogP) is 3.51. The lowest BCUT2D eigenvalue weighted by Gasteiger charge is -2.36. The number of benzene rings is 1. The molecule has 0 bridgehead atoms. The van der Waals surface area contributed by atoms with E-state index in [1.165, 1.54) is 23.5 Å². The summed E-state index contributed by atoms with van der Waals surface area (Å²) in [6.07, 6.45) is 1.70. The highest BCUT2D eigenvalue weighted by molar-refractivity contribution is 7.17. The molecule has 0 unspecified atom stereocenters. The topological polar surface area (TPSA) is 46.3 Å². The zero-order valence-electron chi connectivity index (χ0n) is 12.5. The van der Waals surface area contributed by atoms with Crippen LogP contribution in [0.4, 0.5) is 4.39 Å². The standard InChI is InChI=1S/C17H19FN2OS/c1-11-10-14(19)8-9-20(11)17(21)16-7-6-15(22-16)12-2-4-13(18)5-3-12/h2-7,11,14H,8-10,19H2,1H3/t11-,14-/m1/s1. The SMILES string of the molecule is C[C@@H]1C[C@H](N)CCN1C(=O)c1ccc(-c2ccc(F)cc2)s1. The van der Waals surface area contributed by atoms with Crippen LogP contribution >= 0.6 is 11.3 Å². The molecule has 2 atom stereocenters. The maximum atomic E-state index is 13.0. The van der Waals surface area contributed by atoms with E-state index in [-0.39, 0.29) is 23.8 Å². The normalized spacial score (nSPS) is 21.9. The van der Waals surface area contributed by atoms with Gasteiger partial charge in [0.15, 0.2) is 0 Å². The molecule has 1 amide bonds. The summed E-state index contributed by atoms with van der Waals surface area (Å²) in [5, 5.41) is 0. The maximum Gasteiger partial charge on any atom is 0.264 e. The Bertz CT molecular complexity index is 668. The van der Waals surface area contributed by atoms with Crippen LogP contribution in [0.1, 0.15) is 29.4 Å². The second kappa shape index (κ2) is 6.18. The molecule has 116 valence electrons. The minimum Gasteiger partial charge on any atom is -0.335 e. The number of likely N-dealkylation sites (tertiary alicyclic amines) is 1. The number of hydrogen-bond donors (Lipinski definition) is 1. The number of thiophene rings is 1. The Morgan fingerprint density at radius 3 is 2.68 bits per heavy atom. The molecular formula is C17H19FN2OS. The van der Waals surface area contributed by atoms with Crippen LogP contribution in [0.15, 0.2) is 36.4 Å². The van der Waals surface area contributed by atoms with Crippen molar-refractivity contribution in [1.29, 1.82) is 0 Å². The minimum atomic E-state index is -0.255. The monoisotopic (exact) mass is 318 g/mol. The van der Waals surface area contributed by atoms with Crippen molar-refractivity contribution >= 4 is 17.2 Å². The smallest absolute Gasteiger partial charge is 0.264 e. The highest BCUT2D eigenvalue weighted by Crippen LogP contribution is 2.30. The third-order valence-corrected chi connectivity index (χ3v) is 5.25. The zero-order chi connectivity index (χ0) is 15.7. The van der Waals surface area contributed by atoms with Crippen LogP contribution in [-0.2, 0) is 0 Å². The molecule has 3 rings (SSSR count). The molecule has 2 N–H and O–H groups in total. The first-order chi connectivity index (χ1) is 10.5. The number of carbonyl (C=O) groups is 1. The summed E-state index contributed by atoms with van der Waals surface area (Å²) in [5.74, 6) is -0.187. The summed E-state index contributed by atoms with van der Waals surface area (Å²) in [7, 11) is 0. The number of nitrogens with zero attached hydrogens (tertiary/aromatic N) is 1. The van der Waals surface area contributed by atoms with Crippen LogP contribution in [0.5, 0.6) is 0 Å². The Morgan fingerprint density at radius 1 is 1.27 bits per heavy atom. The summed E-state index contributed by atoms with van der Waals surface area (Å²) < 4.78 is 13.0. The molecule has 1 aromatic carbocycles. The zero-order valence-corrected chi connectivity index (χ0v) is 13.3. The Balaban J connectivity index is 1.78. The fourth-order valence-corrected chi connectivity index (χ4v) is 3.84. The van der Waals surface area contributed by atoms with E-state index in [1.54, 1.807) is 12.1 Å². The van der Waals surface area contributed by atoms with Gasteiger partial charge in [-0.3, -0.25) is 4.79 Å². The number of nitrogens with two attached hydrogens (primary N) is 1. The van der Waals surface area contributed by atoms with Gasteiger partial charge in [0, 0.05) is 23.5 Å². The molecule has 0 saturated carbocycles. The van der Waals surface area contributed by atoms with Crippen molar-refractivity contribution in [2.75, 3.05) is 6.54 Å². The van der Waals surface area contributed by atoms with E-state index < -0.39 is 0 Å². The molecule has 1 aliphatic rings. The highest BCUT2D eigenvalue weighted by atomic mass is 32.1. The second-order valence-electron chi connectivity index (χ2n) is 5.80. The quantitative estimate of drug-likeness (QED) is 0.921. The van der Waals surface area contributed by atoms with Gasteiger partial charge in [-0.2, -0.15) is 0 Å². The summed E-state index contributed by atoms with van der Waals surface area (Å²) in [6, 6.07) is 10.5. The molecular weight excluding hydrogens is 299 g/mol. The molecule has 0 aliphatic carbocycles. The van der Waals surface area contributed by atoms with Gasteiger partial charge in [0.25, 0.3) is 5.91 Å². The van der Waals surface area contributed by atoms with Crippen LogP contribution in [-0.4, -0.2) is 29.4 Å². The number of hydrogen-bond acceptors (Lipinski definition) is 3. The van der Waals surface area contributed by atoms with Gasteiger partial charge < -0.3 is 10.6 Å². The van der Waals surface area contributed by atoms with Crippen molar-refractivity contribution in [3.8, 4) is 10.4 Å². The molecule has 5 heteroatoms. The third kappa shape index (κ3) is 3.05.